The normalized spacial score (nSPS) is 19.8. The van der Waals surface area contributed by atoms with Crippen LogP contribution in [0.5, 0.6) is 5.19 Å². The zero-order valence-electron chi connectivity index (χ0n) is 12.2. The molecule has 0 aromatic carbocycles. The van der Waals surface area contributed by atoms with E-state index in [4.69, 9.17) is 4.74 Å². The maximum absolute atomic E-state index is 5.39. The van der Waals surface area contributed by atoms with Gasteiger partial charge in [-0.05, 0) is 26.3 Å². The summed E-state index contributed by atoms with van der Waals surface area (Å²) in [4.78, 5) is 6.49. The minimum atomic E-state index is 0.486. The fourth-order valence-corrected chi connectivity index (χ4v) is 3.45. The number of hydrogen-bond donors (Lipinski definition) is 0. The van der Waals surface area contributed by atoms with E-state index >= 15 is 0 Å². The summed E-state index contributed by atoms with van der Waals surface area (Å²) in [7, 11) is 0. The Morgan fingerprint density at radius 2 is 2.33 bits per heavy atom. The second-order valence-corrected chi connectivity index (χ2v) is 6.16. The highest BCUT2D eigenvalue weighted by molar-refractivity contribution is 7.13. The number of hydrogen-bond acceptors (Lipinski definition) is 7. The summed E-state index contributed by atoms with van der Waals surface area (Å²) in [5.41, 5.74) is 0. The molecular formula is C13H20N6OS. The van der Waals surface area contributed by atoms with Crippen molar-refractivity contribution in [2.45, 2.75) is 45.3 Å². The molecule has 2 aromatic rings. The molecule has 114 valence electrons. The van der Waals surface area contributed by atoms with E-state index in [2.05, 4.69) is 25.2 Å². The SMILES string of the molecule is CCOc1nnc(CN2CCCCC2Cn2cncn2)s1. The van der Waals surface area contributed by atoms with Crippen molar-refractivity contribution in [2.24, 2.45) is 0 Å². The summed E-state index contributed by atoms with van der Waals surface area (Å²) in [5.74, 6) is 0. The molecule has 0 spiro atoms. The Bertz CT molecular complexity index is 543. The Morgan fingerprint density at radius 1 is 1.38 bits per heavy atom. The lowest BCUT2D eigenvalue weighted by Gasteiger charge is -2.34. The zero-order chi connectivity index (χ0) is 14.5. The van der Waals surface area contributed by atoms with E-state index in [9.17, 15) is 0 Å². The van der Waals surface area contributed by atoms with Crippen LogP contribution in [0.2, 0.25) is 0 Å². The van der Waals surface area contributed by atoms with Gasteiger partial charge in [-0.15, -0.1) is 10.2 Å². The van der Waals surface area contributed by atoms with Crippen molar-refractivity contribution >= 4 is 11.3 Å². The predicted molar refractivity (Wildman–Crippen MR) is 79.1 cm³/mol. The topological polar surface area (TPSA) is 69.0 Å². The van der Waals surface area contributed by atoms with E-state index in [-0.39, 0.29) is 0 Å². The summed E-state index contributed by atoms with van der Waals surface area (Å²) < 4.78 is 7.30. The van der Waals surface area contributed by atoms with Crippen molar-refractivity contribution in [3.63, 3.8) is 0 Å². The summed E-state index contributed by atoms with van der Waals surface area (Å²) in [5, 5.41) is 14.2. The fraction of sp³-hybridized carbons (Fsp3) is 0.692. The van der Waals surface area contributed by atoms with E-state index in [0.717, 1.165) is 24.6 Å². The van der Waals surface area contributed by atoms with Crippen LogP contribution in [0.3, 0.4) is 0 Å². The molecule has 0 aliphatic carbocycles. The van der Waals surface area contributed by atoms with Gasteiger partial charge in [0.15, 0.2) is 0 Å². The van der Waals surface area contributed by atoms with Gasteiger partial charge in [0, 0.05) is 6.04 Å². The van der Waals surface area contributed by atoms with E-state index in [1.54, 1.807) is 24.0 Å². The Kier molecular flexibility index (Phi) is 4.76. The van der Waals surface area contributed by atoms with Crippen LogP contribution >= 0.6 is 11.3 Å². The molecule has 0 amide bonds. The number of aromatic nitrogens is 5. The van der Waals surface area contributed by atoms with E-state index in [1.807, 2.05) is 11.6 Å². The van der Waals surface area contributed by atoms with Crippen molar-refractivity contribution in [3.8, 4) is 5.19 Å². The standard InChI is InChI=1S/C13H20N6OS/c1-2-20-13-17-16-12(21-13)8-18-6-4-3-5-11(18)7-19-10-14-9-15-19/h9-11H,2-8H2,1H3. The largest absolute Gasteiger partial charge is 0.469 e. The molecule has 1 saturated heterocycles. The molecule has 1 unspecified atom stereocenters. The Morgan fingerprint density at radius 3 is 3.14 bits per heavy atom. The van der Waals surface area contributed by atoms with Gasteiger partial charge in [0.25, 0.3) is 5.19 Å². The molecule has 1 aliphatic rings. The molecule has 7 nitrogen and oxygen atoms in total. The first-order valence-corrected chi connectivity index (χ1v) is 8.18. The van der Waals surface area contributed by atoms with Crippen LogP contribution < -0.4 is 4.74 Å². The van der Waals surface area contributed by atoms with Gasteiger partial charge in [-0.3, -0.25) is 9.58 Å². The van der Waals surface area contributed by atoms with Gasteiger partial charge in [-0.1, -0.05) is 17.8 Å². The highest BCUT2D eigenvalue weighted by atomic mass is 32.1. The van der Waals surface area contributed by atoms with Crippen LogP contribution in [0.15, 0.2) is 12.7 Å². The first-order chi connectivity index (χ1) is 10.3. The van der Waals surface area contributed by atoms with Crippen LogP contribution in [-0.4, -0.2) is 49.1 Å². The molecule has 8 heteroatoms. The smallest absolute Gasteiger partial charge is 0.294 e. The second-order valence-electron chi connectivity index (χ2n) is 5.13. The van der Waals surface area contributed by atoms with Crippen LogP contribution in [-0.2, 0) is 13.1 Å². The molecule has 1 fully saturated rings. The fourth-order valence-electron chi connectivity index (χ4n) is 2.68. The third-order valence-electron chi connectivity index (χ3n) is 3.67. The number of rotatable bonds is 6. The lowest BCUT2D eigenvalue weighted by atomic mass is 10.0. The molecule has 3 heterocycles. The van der Waals surface area contributed by atoms with E-state index in [0.29, 0.717) is 17.8 Å². The molecule has 0 bridgehead atoms. The van der Waals surface area contributed by atoms with Gasteiger partial charge in [-0.25, -0.2) is 4.98 Å². The van der Waals surface area contributed by atoms with Crippen LogP contribution in [0.1, 0.15) is 31.2 Å². The number of ether oxygens (including phenoxy) is 1. The van der Waals surface area contributed by atoms with Gasteiger partial charge < -0.3 is 4.74 Å². The monoisotopic (exact) mass is 308 g/mol. The molecular weight excluding hydrogens is 288 g/mol. The maximum atomic E-state index is 5.39. The number of likely N-dealkylation sites (tertiary alicyclic amines) is 1. The van der Waals surface area contributed by atoms with Crippen LogP contribution in [0, 0.1) is 0 Å². The van der Waals surface area contributed by atoms with Crippen molar-refractivity contribution in [2.75, 3.05) is 13.2 Å². The molecule has 1 atom stereocenters. The van der Waals surface area contributed by atoms with Gasteiger partial charge in [0.1, 0.15) is 17.7 Å². The minimum absolute atomic E-state index is 0.486. The van der Waals surface area contributed by atoms with Gasteiger partial charge in [-0.2, -0.15) is 5.10 Å². The van der Waals surface area contributed by atoms with Crippen LogP contribution in [0.25, 0.3) is 0 Å². The maximum Gasteiger partial charge on any atom is 0.294 e. The molecule has 0 radical (unpaired) electrons. The second kappa shape index (κ2) is 6.95. The van der Waals surface area contributed by atoms with Crippen molar-refractivity contribution in [3.05, 3.63) is 17.7 Å². The third-order valence-corrected chi connectivity index (χ3v) is 4.49. The quantitative estimate of drug-likeness (QED) is 0.807. The Labute approximate surface area is 128 Å². The Hall–Kier alpha value is -1.54. The molecule has 3 rings (SSSR count). The van der Waals surface area contributed by atoms with Crippen molar-refractivity contribution in [1.82, 2.24) is 29.9 Å². The lowest BCUT2D eigenvalue weighted by Crippen LogP contribution is -2.41. The molecule has 0 saturated carbocycles. The summed E-state index contributed by atoms with van der Waals surface area (Å²) in [6.45, 7) is 5.41. The Balaban J connectivity index is 1.63. The van der Waals surface area contributed by atoms with E-state index < -0.39 is 0 Å². The lowest BCUT2D eigenvalue weighted by molar-refractivity contribution is 0.121. The molecule has 1 aliphatic heterocycles. The first-order valence-electron chi connectivity index (χ1n) is 7.37. The zero-order valence-corrected chi connectivity index (χ0v) is 13.0. The average Bonchev–Trinajstić information content (AvgIpc) is 3.14. The average molecular weight is 308 g/mol. The van der Waals surface area contributed by atoms with Gasteiger partial charge in [0.05, 0.1) is 19.7 Å². The predicted octanol–water partition coefficient (Wildman–Crippen LogP) is 1.58. The summed E-state index contributed by atoms with van der Waals surface area (Å²) in [6, 6.07) is 0.486. The third kappa shape index (κ3) is 3.76. The molecule has 0 N–H and O–H groups in total. The summed E-state index contributed by atoms with van der Waals surface area (Å²) in [6.07, 6.45) is 7.08. The van der Waals surface area contributed by atoms with Gasteiger partial charge >= 0.3 is 0 Å². The number of piperidine rings is 1. The highest BCUT2D eigenvalue weighted by Gasteiger charge is 2.24. The highest BCUT2D eigenvalue weighted by Crippen LogP contribution is 2.24. The summed E-state index contributed by atoms with van der Waals surface area (Å²) >= 11 is 1.54. The molecule has 21 heavy (non-hydrogen) atoms. The van der Waals surface area contributed by atoms with Crippen molar-refractivity contribution < 1.29 is 4.74 Å². The number of nitrogens with zero attached hydrogens (tertiary/aromatic N) is 6. The van der Waals surface area contributed by atoms with E-state index in [1.165, 1.54) is 19.3 Å². The van der Waals surface area contributed by atoms with Crippen molar-refractivity contribution in [1.29, 1.82) is 0 Å². The minimum Gasteiger partial charge on any atom is -0.469 e. The molecule has 2 aromatic heterocycles. The first kappa shape index (κ1) is 14.4. The van der Waals surface area contributed by atoms with Gasteiger partial charge in [0.2, 0.25) is 0 Å². The van der Waals surface area contributed by atoms with Crippen LogP contribution in [0.4, 0.5) is 0 Å².